The molecule has 9 heteroatoms. The van der Waals surface area contributed by atoms with Gasteiger partial charge in [0, 0.05) is 30.2 Å². The van der Waals surface area contributed by atoms with Crippen LogP contribution >= 0.6 is 11.6 Å². The molecule has 0 saturated heterocycles. The van der Waals surface area contributed by atoms with Gasteiger partial charge in [-0.25, -0.2) is 8.42 Å². The summed E-state index contributed by atoms with van der Waals surface area (Å²) in [6, 6.07) is 12.2. The van der Waals surface area contributed by atoms with Crippen molar-refractivity contribution in [2.45, 2.75) is 45.2 Å². The Morgan fingerprint density at radius 2 is 1.69 bits per heavy atom. The van der Waals surface area contributed by atoms with Gasteiger partial charge in [-0.2, -0.15) is 4.31 Å². The maximum absolute atomic E-state index is 12.9. The largest absolute Gasteiger partial charge is 0.350 e. The van der Waals surface area contributed by atoms with Crippen molar-refractivity contribution < 1.29 is 18.0 Å². The molecule has 7 nitrogen and oxygen atoms in total. The summed E-state index contributed by atoms with van der Waals surface area (Å²) >= 11 is 6.14. The molecule has 2 rings (SSSR count). The highest BCUT2D eigenvalue weighted by Gasteiger charge is 2.26. The number of hydrogen-bond donors (Lipinski definition) is 2. The van der Waals surface area contributed by atoms with Gasteiger partial charge >= 0.3 is 0 Å². The molecule has 0 radical (unpaired) electrons. The molecular weight excluding hydrogens is 450 g/mol. The third kappa shape index (κ3) is 6.31. The third-order valence-electron chi connectivity index (χ3n) is 5.09. The van der Waals surface area contributed by atoms with E-state index >= 15 is 0 Å². The summed E-state index contributed by atoms with van der Waals surface area (Å²) in [6.07, 6.45) is 0. The van der Waals surface area contributed by atoms with Gasteiger partial charge in [0.15, 0.2) is 0 Å². The molecule has 2 amide bonds. The summed E-state index contributed by atoms with van der Waals surface area (Å²) in [4.78, 5) is 25.7. The van der Waals surface area contributed by atoms with E-state index in [4.69, 9.17) is 11.6 Å². The predicted octanol–water partition coefficient (Wildman–Crippen LogP) is 3.44. The lowest BCUT2D eigenvalue weighted by atomic mass is 10.0. The molecule has 0 aliphatic heterocycles. The van der Waals surface area contributed by atoms with Crippen LogP contribution in [0, 0.1) is 5.92 Å². The second kappa shape index (κ2) is 11.4. The zero-order valence-corrected chi connectivity index (χ0v) is 20.3. The molecule has 1 atom stereocenters. The first-order chi connectivity index (χ1) is 15.1. The maximum atomic E-state index is 12.9. The number of amides is 2. The Kier molecular flexibility index (Phi) is 9.24. The normalized spacial score (nSPS) is 12.6. The van der Waals surface area contributed by atoms with E-state index in [1.54, 1.807) is 26.0 Å². The molecule has 0 bridgehead atoms. The monoisotopic (exact) mass is 479 g/mol. The fourth-order valence-corrected chi connectivity index (χ4v) is 4.91. The van der Waals surface area contributed by atoms with Gasteiger partial charge in [0.1, 0.15) is 6.04 Å². The number of sulfonamides is 1. The van der Waals surface area contributed by atoms with Crippen molar-refractivity contribution in [3.8, 4) is 0 Å². The molecule has 0 aliphatic carbocycles. The van der Waals surface area contributed by atoms with Gasteiger partial charge < -0.3 is 10.6 Å². The van der Waals surface area contributed by atoms with Crippen molar-refractivity contribution in [1.82, 2.24) is 14.9 Å². The Hall–Kier alpha value is -2.42. The highest BCUT2D eigenvalue weighted by atomic mass is 35.5. The van der Waals surface area contributed by atoms with Crippen molar-refractivity contribution in [2.24, 2.45) is 5.92 Å². The van der Waals surface area contributed by atoms with Crippen molar-refractivity contribution in [2.75, 3.05) is 13.1 Å². The Balaban J connectivity index is 2.16. The SMILES string of the molecule is CCN(CC)S(=O)(=O)c1cccc(C(=O)N[C@@H](C(=O)NCc2ccccc2Cl)C(C)C)c1. The molecule has 2 N–H and O–H groups in total. The van der Waals surface area contributed by atoms with Crippen LogP contribution in [0.5, 0.6) is 0 Å². The second-order valence-electron chi connectivity index (χ2n) is 7.62. The summed E-state index contributed by atoms with van der Waals surface area (Å²) in [5.41, 5.74) is 0.938. The summed E-state index contributed by atoms with van der Waals surface area (Å²) < 4.78 is 26.9. The standard InChI is InChI=1S/C23H30ClN3O4S/c1-5-27(6-2)32(30,31)19-12-9-11-17(14-19)22(28)26-21(16(3)4)23(29)25-15-18-10-7-8-13-20(18)24/h7-14,16,21H,5-6,15H2,1-4H3,(H,25,29)(H,26,28)/t21-/m1/s1. The van der Waals surface area contributed by atoms with Crippen LogP contribution in [-0.4, -0.2) is 43.7 Å². The summed E-state index contributed by atoms with van der Waals surface area (Å²) in [7, 11) is -3.70. The van der Waals surface area contributed by atoms with E-state index in [1.807, 2.05) is 26.0 Å². The fourth-order valence-electron chi connectivity index (χ4n) is 3.20. The van der Waals surface area contributed by atoms with Crippen molar-refractivity contribution in [3.63, 3.8) is 0 Å². The van der Waals surface area contributed by atoms with Crippen molar-refractivity contribution in [3.05, 3.63) is 64.7 Å². The number of hydrogen-bond acceptors (Lipinski definition) is 4. The lowest BCUT2D eigenvalue weighted by molar-refractivity contribution is -0.124. The maximum Gasteiger partial charge on any atom is 0.251 e. The van der Waals surface area contributed by atoms with Crippen molar-refractivity contribution in [1.29, 1.82) is 0 Å². The van der Waals surface area contributed by atoms with Crippen LogP contribution in [0.15, 0.2) is 53.4 Å². The molecule has 174 valence electrons. The number of nitrogens with one attached hydrogen (secondary N) is 2. The van der Waals surface area contributed by atoms with Gasteiger partial charge in [-0.1, -0.05) is 63.6 Å². The smallest absolute Gasteiger partial charge is 0.251 e. The molecule has 2 aromatic rings. The minimum atomic E-state index is -3.70. The van der Waals surface area contributed by atoms with E-state index in [0.717, 1.165) is 5.56 Å². The van der Waals surface area contributed by atoms with Gasteiger partial charge in [-0.05, 0) is 35.7 Å². The summed E-state index contributed by atoms with van der Waals surface area (Å²) in [5.74, 6) is -1.05. The van der Waals surface area contributed by atoms with Crippen LogP contribution in [0.2, 0.25) is 5.02 Å². The predicted molar refractivity (Wildman–Crippen MR) is 126 cm³/mol. The van der Waals surface area contributed by atoms with Crippen LogP contribution in [0.3, 0.4) is 0 Å². The molecule has 0 unspecified atom stereocenters. The van der Waals surface area contributed by atoms with Crippen LogP contribution < -0.4 is 10.6 Å². The van der Waals surface area contributed by atoms with Gasteiger partial charge in [0.2, 0.25) is 15.9 Å². The van der Waals surface area contributed by atoms with Gasteiger partial charge in [-0.15, -0.1) is 0 Å². The van der Waals surface area contributed by atoms with E-state index < -0.39 is 22.0 Å². The summed E-state index contributed by atoms with van der Waals surface area (Å²) in [5, 5.41) is 6.08. The Morgan fingerprint density at radius 1 is 1.03 bits per heavy atom. The molecule has 0 heterocycles. The first-order valence-electron chi connectivity index (χ1n) is 10.5. The molecule has 0 fully saturated rings. The van der Waals surface area contributed by atoms with Crippen LogP contribution in [0.25, 0.3) is 0 Å². The van der Waals surface area contributed by atoms with Gasteiger partial charge in [0.05, 0.1) is 4.90 Å². The zero-order chi connectivity index (χ0) is 23.9. The first-order valence-corrected chi connectivity index (χ1v) is 12.4. The van der Waals surface area contributed by atoms with Crippen LogP contribution in [0.4, 0.5) is 0 Å². The lowest BCUT2D eigenvalue weighted by Gasteiger charge is -2.22. The number of benzene rings is 2. The number of nitrogens with zero attached hydrogens (tertiary/aromatic N) is 1. The Bertz CT molecular complexity index is 1050. The molecule has 0 saturated carbocycles. The lowest BCUT2D eigenvalue weighted by Crippen LogP contribution is -2.49. The van der Waals surface area contributed by atoms with E-state index in [1.165, 1.54) is 28.6 Å². The number of rotatable bonds is 10. The van der Waals surface area contributed by atoms with Gasteiger partial charge in [0.25, 0.3) is 5.91 Å². The van der Waals surface area contributed by atoms with E-state index in [2.05, 4.69) is 10.6 Å². The zero-order valence-electron chi connectivity index (χ0n) is 18.8. The number of halogens is 1. The molecule has 0 aromatic heterocycles. The minimum Gasteiger partial charge on any atom is -0.350 e. The second-order valence-corrected chi connectivity index (χ2v) is 9.97. The van der Waals surface area contributed by atoms with E-state index in [-0.39, 0.29) is 28.8 Å². The number of carbonyl (C=O) groups is 2. The quantitative estimate of drug-likeness (QED) is 0.545. The molecule has 0 spiro atoms. The highest BCUT2D eigenvalue weighted by molar-refractivity contribution is 7.89. The minimum absolute atomic E-state index is 0.0399. The van der Waals surface area contributed by atoms with E-state index in [0.29, 0.717) is 18.1 Å². The summed E-state index contributed by atoms with van der Waals surface area (Å²) in [6.45, 7) is 8.04. The van der Waals surface area contributed by atoms with Gasteiger partial charge in [-0.3, -0.25) is 9.59 Å². The molecule has 32 heavy (non-hydrogen) atoms. The molecule has 0 aliphatic rings. The Labute approximate surface area is 195 Å². The van der Waals surface area contributed by atoms with Crippen LogP contribution in [-0.2, 0) is 21.4 Å². The Morgan fingerprint density at radius 3 is 2.28 bits per heavy atom. The fraction of sp³-hybridized carbons (Fsp3) is 0.391. The van der Waals surface area contributed by atoms with Crippen molar-refractivity contribution >= 4 is 33.4 Å². The third-order valence-corrected chi connectivity index (χ3v) is 7.50. The average Bonchev–Trinajstić information content (AvgIpc) is 2.77. The number of carbonyl (C=O) groups excluding carboxylic acids is 2. The topological polar surface area (TPSA) is 95.6 Å². The average molecular weight is 480 g/mol. The molecule has 2 aromatic carbocycles. The van der Waals surface area contributed by atoms with Crippen LogP contribution in [0.1, 0.15) is 43.6 Å². The van der Waals surface area contributed by atoms with E-state index in [9.17, 15) is 18.0 Å². The first kappa shape index (κ1) is 25.8. The highest BCUT2D eigenvalue weighted by Crippen LogP contribution is 2.18. The molecular formula is C23H30ClN3O4S.